The summed E-state index contributed by atoms with van der Waals surface area (Å²) in [5.41, 5.74) is 0.481. The molecule has 1 N–H and O–H groups in total. The van der Waals surface area contributed by atoms with Gasteiger partial charge in [0.25, 0.3) is 0 Å². The molecule has 3 fully saturated rings. The molecule has 0 aromatic rings. The number of rotatable bonds is 4. The second-order valence-corrected chi connectivity index (χ2v) is 8.28. The molecule has 3 heterocycles. The van der Waals surface area contributed by atoms with Crippen LogP contribution in [0.25, 0.3) is 0 Å². The Morgan fingerprint density at radius 2 is 1.80 bits per heavy atom. The monoisotopic (exact) mass is 279 g/mol. The van der Waals surface area contributed by atoms with E-state index in [2.05, 4.69) is 42.8 Å². The van der Waals surface area contributed by atoms with Crippen LogP contribution in [0.5, 0.6) is 0 Å². The molecule has 0 saturated carbocycles. The third-order valence-corrected chi connectivity index (χ3v) is 6.11. The molecule has 20 heavy (non-hydrogen) atoms. The highest BCUT2D eigenvalue weighted by Gasteiger charge is 2.46. The summed E-state index contributed by atoms with van der Waals surface area (Å²) in [6, 6.07) is 2.40. The number of hydrogen-bond acceptors (Lipinski definition) is 3. The second kappa shape index (κ2) is 5.58. The fourth-order valence-electron chi connectivity index (χ4n) is 4.86. The van der Waals surface area contributed by atoms with E-state index in [0.29, 0.717) is 5.41 Å². The quantitative estimate of drug-likeness (QED) is 0.851. The lowest BCUT2D eigenvalue weighted by atomic mass is 9.73. The Balaban J connectivity index is 1.57. The van der Waals surface area contributed by atoms with Crippen molar-refractivity contribution in [1.29, 1.82) is 0 Å². The van der Waals surface area contributed by atoms with Crippen molar-refractivity contribution in [2.75, 3.05) is 32.7 Å². The van der Waals surface area contributed by atoms with Crippen molar-refractivity contribution in [3.05, 3.63) is 0 Å². The van der Waals surface area contributed by atoms with E-state index in [1.807, 2.05) is 0 Å². The molecule has 0 amide bonds. The van der Waals surface area contributed by atoms with Crippen molar-refractivity contribution in [3.8, 4) is 0 Å². The SMILES string of the molecule is CC(C)N1CC2CC1CN2CC(C)(C)C1CCNCC1. The van der Waals surface area contributed by atoms with E-state index in [1.165, 1.54) is 52.0 Å². The highest BCUT2D eigenvalue weighted by atomic mass is 15.4. The molecule has 2 atom stereocenters. The van der Waals surface area contributed by atoms with Crippen molar-refractivity contribution >= 4 is 0 Å². The number of piperazine rings is 1. The van der Waals surface area contributed by atoms with E-state index in [0.717, 1.165) is 24.0 Å². The third-order valence-electron chi connectivity index (χ3n) is 6.11. The molecule has 0 aliphatic carbocycles. The maximum Gasteiger partial charge on any atom is 0.0242 e. The maximum atomic E-state index is 3.51. The number of hydrogen-bond donors (Lipinski definition) is 1. The molecule has 0 radical (unpaired) electrons. The van der Waals surface area contributed by atoms with Crippen LogP contribution in [0.4, 0.5) is 0 Å². The molecule has 0 aromatic heterocycles. The van der Waals surface area contributed by atoms with Gasteiger partial charge in [-0.2, -0.15) is 0 Å². The Morgan fingerprint density at radius 1 is 1.10 bits per heavy atom. The van der Waals surface area contributed by atoms with Crippen LogP contribution < -0.4 is 5.32 Å². The molecule has 3 heteroatoms. The average Bonchev–Trinajstić information content (AvgIpc) is 2.99. The molecule has 3 saturated heterocycles. The number of piperidine rings is 1. The highest BCUT2D eigenvalue weighted by molar-refractivity contribution is 5.02. The van der Waals surface area contributed by atoms with Crippen LogP contribution in [0.1, 0.15) is 47.0 Å². The molecule has 116 valence electrons. The van der Waals surface area contributed by atoms with E-state index >= 15 is 0 Å². The fourth-order valence-corrected chi connectivity index (χ4v) is 4.86. The summed E-state index contributed by atoms with van der Waals surface area (Å²) >= 11 is 0. The number of nitrogens with zero attached hydrogens (tertiary/aromatic N) is 2. The van der Waals surface area contributed by atoms with Crippen LogP contribution >= 0.6 is 0 Å². The molecule has 2 bridgehead atoms. The van der Waals surface area contributed by atoms with Crippen molar-refractivity contribution in [1.82, 2.24) is 15.1 Å². The molecule has 0 aromatic carbocycles. The van der Waals surface area contributed by atoms with Gasteiger partial charge in [0.15, 0.2) is 0 Å². The summed E-state index contributed by atoms with van der Waals surface area (Å²) in [5.74, 6) is 0.907. The summed E-state index contributed by atoms with van der Waals surface area (Å²) in [4.78, 5) is 5.53. The smallest absolute Gasteiger partial charge is 0.0242 e. The van der Waals surface area contributed by atoms with E-state index < -0.39 is 0 Å². The van der Waals surface area contributed by atoms with Gasteiger partial charge >= 0.3 is 0 Å². The summed E-state index contributed by atoms with van der Waals surface area (Å²) in [7, 11) is 0. The molecular weight excluding hydrogens is 246 g/mol. The van der Waals surface area contributed by atoms with Crippen molar-refractivity contribution in [3.63, 3.8) is 0 Å². The number of likely N-dealkylation sites (tertiary alicyclic amines) is 2. The van der Waals surface area contributed by atoms with Gasteiger partial charge in [0.2, 0.25) is 0 Å². The summed E-state index contributed by atoms with van der Waals surface area (Å²) < 4.78 is 0. The Kier molecular flexibility index (Phi) is 4.13. The third kappa shape index (κ3) is 2.77. The van der Waals surface area contributed by atoms with Crippen LogP contribution in [-0.2, 0) is 0 Å². The van der Waals surface area contributed by atoms with Crippen LogP contribution in [0.3, 0.4) is 0 Å². The van der Waals surface area contributed by atoms with Gasteiger partial charge in [-0.25, -0.2) is 0 Å². The Hall–Kier alpha value is -0.120. The summed E-state index contributed by atoms with van der Waals surface area (Å²) in [6.45, 7) is 16.1. The van der Waals surface area contributed by atoms with E-state index in [1.54, 1.807) is 0 Å². The minimum atomic E-state index is 0.481. The first-order valence-corrected chi connectivity index (χ1v) is 8.68. The lowest BCUT2D eigenvalue weighted by Gasteiger charge is -2.44. The summed E-state index contributed by atoms with van der Waals surface area (Å²) in [5, 5.41) is 3.51. The van der Waals surface area contributed by atoms with Crippen LogP contribution in [0.2, 0.25) is 0 Å². The van der Waals surface area contributed by atoms with Crippen LogP contribution in [-0.4, -0.2) is 60.6 Å². The van der Waals surface area contributed by atoms with Gasteiger partial charge in [-0.1, -0.05) is 13.8 Å². The number of fused-ring (bicyclic) bond motifs is 2. The van der Waals surface area contributed by atoms with E-state index in [4.69, 9.17) is 0 Å². The average molecular weight is 279 g/mol. The minimum Gasteiger partial charge on any atom is -0.317 e. The van der Waals surface area contributed by atoms with Gasteiger partial charge in [-0.05, 0) is 57.5 Å². The molecular formula is C17H33N3. The van der Waals surface area contributed by atoms with Crippen LogP contribution in [0.15, 0.2) is 0 Å². The molecule has 3 aliphatic rings. The Bertz CT molecular complexity index is 333. The van der Waals surface area contributed by atoms with Gasteiger partial charge in [-0.15, -0.1) is 0 Å². The minimum absolute atomic E-state index is 0.481. The van der Waals surface area contributed by atoms with Crippen molar-refractivity contribution in [2.45, 2.75) is 65.1 Å². The van der Waals surface area contributed by atoms with E-state index in [-0.39, 0.29) is 0 Å². The summed E-state index contributed by atoms with van der Waals surface area (Å²) in [6.07, 6.45) is 4.15. The lowest BCUT2D eigenvalue weighted by Crippen LogP contribution is -2.52. The Morgan fingerprint density at radius 3 is 2.35 bits per heavy atom. The van der Waals surface area contributed by atoms with E-state index in [9.17, 15) is 0 Å². The lowest BCUT2D eigenvalue weighted by molar-refractivity contribution is 0.0480. The molecule has 2 unspecified atom stereocenters. The second-order valence-electron chi connectivity index (χ2n) is 8.28. The number of nitrogens with one attached hydrogen (secondary N) is 1. The predicted octanol–water partition coefficient (Wildman–Crippen LogP) is 2.18. The predicted molar refractivity (Wildman–Crippen MR) is 85.0 cm³/mol. The fraction of sp³-hybridized carbons (Fsp3) is 1.00. The first-order chi connectivity index (χ1) is 9.47. The van der Waals surface area contributed by atoms with Gasteiger partial charge in [0.1, 0.15) is 0 Å². The van der Waals surface area contributed by atoms with Gasteiger partial charge in [-0.3, -0.25) is 9.80 Å². The zero-order valence-corrected chi connectivity index (χ0v) is 13.9. The van der Waals surface area contributed by atoms with Crippen molar-refractivity contribution < 1.29 is 0 Å². The molecule has 3 nitrogen and oxygen atoms in total. The van der Waals surface area contributed by atoms with Crippen molar-refractivity contribution in [2.24, 2.45) is 11.3 Å². The van der Waals surface area contributed by atoms with Gasteiger partial charge < -0.3 is 5.32 Å². The maximum absolute atomic E-state index is 3.51. The standard InChI is InChI=1S/C17H33N3/c1-13(2)20-11-15-9-16(20)10-19(15)12-17(3,4)14-5-7-18-8-6-14/h13-16,18H,5-12H2,1-4H3. The zero-order chi connectivity index (χ0) is 14.3. The Labute approximate surface area is 125 Å². The molecule has 0 spiro atoms. The topological polar surface area (TPSA) is 18.5 Å². The zero-order valence-electron chi connectivity index (χ0n) is 13.9. The molecule has 3 rings (SSSR count). The largest absolute Gasteiger partial charge is 0.317 e. The van der Waals surface area contributed by atoms with Gasteiger partial charge in [0, 0.05) is 37.8 Å². The normalized spacial score (nSPS) is 33.5. The van der Waals surface area contributed by atoms with Gasteiger partial charge in [0.05, 0.1) is 0 Å². The first kappa shape index (κ1) is 14.8. The highest BCUT2D eigenvalue weighted by Crippen LogP contribution is 2.39. The first-order valence-electron chi connectivity index (χ1n) is 8.68. The van der Waals surface area contributed by atoms with Crippen LogP contribution in [0, 0.1) is 11.3 Å². The molecule has 3 aliphatic heterocycles.